The zero-order chi connectivity index (χ0) is 19.1. The standard InChI is InChI=1S/C19H24N4O3/c1-4-16(25)15-10-13(11-23(15)5-2)19(12-7-6-8-14(24)9-12)17(26)22(3)18(20)21-19/h6-11,17,24,26H,4-5H2,1-3H3,(H2,20,21). The van der Waals surface area contributed by atoms with Gasteiger partial charge in [-0.25, -0.2) is 4.99 Å². The number of phenolic OH excluding ortho intramolecular Hbond substituents is 1. The molecule has 0 spiro atoms. The predicted molar refractivity (Wildman–Crippen MR) is 99.0 cm³/mol. The van der Waals surface area contributed by atoms with Crippen LogP contribution in [0.15, 0.2) is 41.5 Å². The molecule has 2 aromatic rings. The quantitative estimate of drug-likeness (QED) is 0.707. The van der Waals surface area contributed by atoms with Gasteiger partial charge < -0.3 is 25.4 Å². The van der Waals surface area contributed by atoms with Crippen molar-refractivity contribution in [1.82, 2.24) is 9.47 Å². The van der Waals surface area contributed by atoms with Gasteiger partial charge in [-0.1, -0.05) is 19.1 Å². The molecule has 2 atom stereocenters. The molecular weight excluding hydrogens is 332 g/mol. The first-order valence-corrected chi connectivity index (χ1v) is 8.64. The molecule has 26 heavy (non-hydrogen) atoms. The minimum Gasteiger partial charge on any atom is -0.508 e. The normalized spacial score (nSPS) is 22.5. The SMILES string of the molecule is CCC(=O)c1cc(C2(c3cccc(O)c3)N=C(N)N(C)C2O)cn1CC. The molecule has 4 N–H and O–H groups in total. The number of nitrogens with two attached hydrogens (primary N) is 1. The molecule has 0 radical (unpaired) electrons. The molecule has 1 aromatic heterocycles. The van der Waals surface area contributed by atoms with Gasteiger partial charge in [-0.3, -0.25) is 4.79 Å². The van der Waals surface area contributed by atoms with E-state index in [0.29, 0.717) is 29.8 Å². The highest BCUT2D eigenvalue weighted by molar-refractivity contribution is 5.95. The molecule has 1 aromatic carbocycles. The van der Waals surface area contributed by atoms with Gasteiger partial charge in [0.25, 0.3) is 0 Å². The van der Waals surface area contributed by atoms with Gasteiger partial charge >= 0.3 is 0 Å². The Morgan fingerprint density at radius 1 is 1.31 bits per heavy atom. The molecular formula is C19H24N4O3. The molecule has 7 heteroatoms. The zero-order valence-corrected chi connectivity index (χ0v) is 15.2. The number of aryl methyl sites for hydroxylation is 1. The second-order valence-corrected chi connectivity index (χ2v) is 6.45. The maximum Gasteiger partial charge on any atom is 0.194 e. The first-order valence-electron chi connectivity index (χ1n) is 8.64. The number of aliphatic hydroxyl groups excluding tert-OH is 1. The maximum atomic E-state index is 12.3. The fraction of sp³-hybridized carbons (Fsp3) is 0.368. The van der Waals surface area contributed by atoms with E-state index >= 15 is 0 Å². The Balaban J connectivity index is 2.27. The van der Waals surface area contributed by atoms with Crippen LogP contribution in [0.4, 0.5) is 0 Å². The van der Waals surface area contributed by atoms with E-state index in [1.54, 1.807) is 37.4 Å². The molecule has 0 saturated carbocycles. The van der Waals surface area contributed by atoms with E-state index in [0.717, 1.165) is 0 Å². The van der Waals surface area contributed by atoms with Crippen LogP contribution in [0.5, 0.6) is 5.75 Å². The largest absolute Gasteiger partial charge is 0.508 e. The Bertz CT molecular complexity index is 873. The Kier molecular flexibility index (Phi) is 4.50. The monoisotopic (exact) mass is 356 g/mol. The summed E-state index contributed by atoms with van der Waals surface area (Å²) >= 11 is 0. The second kappa shape index (κ2) is 6.49. The predicted octanol–water partition coefficient (Wildman–Crippen LogP) is 1.63. The average Bonchev–Trinajstić information content (AvgIpc) is 3.17. The van der Waals surface area contributed by atoms with Crippen molar-refractivity contribution in [3.05, 3.63) is 53.3 Å². The van der Waals surface area contributed by atoms with E-state index in [9.17, 15) is 15.0 Å². The zero-order valence-electron chi connectivity index (χ0n) is 15.2. The molecule has 2 heterocycles. The van der Waals surface area contributed by atoms with Crippen LogP contribution in [-0.2, 0) is 12.1 Å². The van der Waals surface area contributed by atoms with E-state index in [2.05, 4.69) is 4.99 Å². The van der Waals surface area contributed by atoms with Crippen molar-refractivity contribution in [2.75, 3.05) is 7.05 Å². The summed E-state index contributed by atoms with van der Waals surface area (Å²) in [7, 11) is 1.66. The van der Waals surface area contributed by atoms with E-state index in [1.165, 1.54) is 4.90 Å². The number of aromatic nitrogens is 1. The third-order valence-corrected chi connectivity index (χ3v) is 4.96. The number of carbonyl (C=O) groups excluding carboxylic acids is 1. The highest BCUT2D eigenvalue weighted by Crippen LogP contribution is 2.43. The summed E-state index contributed by atoms with van der Waals surface area (Å²) in [5.74, 6) is 0.271. The van der Waals surface area contributed by atoms with Crippen LogP contribution >= 0.6 is 0 Å². The van der Waals surface area contributed by atoms with Gasteiger partial charge in [-0.15, -0.1) is 0 Å². The summed E-state index contributed by atoms with van der Waals surface area (Å²) < 4.78 is 1.85. The van der Waals surface area contributed by atoms with Gasteiger partial charge in [-0.05, 0) is 30.7 Å². The molecule has 3 rings (SSSR count). The minimum atomic E-state index is -1.22. The van der Waals surface area contributed by atoms with E-state index in [1.807, 2.05) is 24.6 Å². The van der Waals surface area contributed by atoms with Gasteiger partial charge in [0.2, 0.25) is 0 Å². The third-order valence-electron chi connectivity index (χ3n) is 4.96. The molecule has 2 unspecified atom stereocenters. The number of likely N-dealkylation sites (N-methyl/N-ethyl adjacent to an activating group) is 1. The van der Waals surface area contributed by atoms with Crippen molar-refractivity contribution in [1.29, 1.82) is 0 Å². The van der Waals surface area contributed by atoms with E-state index in [-0.39, 0.29) is 17.5 Å². The molecule has 138 valence electrons. The van der Waals surface area contributed by atoms with Crippen LogP contribution in [0.25, 0.3) is 0 Å². The number of aliphatic hydroxyl groups is 1. The van der Waals surface area contributed by atoms with Crippen molar-refractivity contribution in [3.63, 3.8) is 0 Å². The number of nitrogens with zero attached hydrogens (tertiary/aromatic N) is 3. The van der Waals surface area contributed by atoms with Gasteiger partial charge in [-0.2, -0.15) is 0 Å². The highest BCUT2D eigenvalue weighted by Gasteiger charge is 2.50. The number of hydrogen-bond acceptors (Lipinski definition) is 6. The number of carbonyl (C=O) groups is 1. The number of phenols is 1. The molecule has 0 amide bonds. The average molecular weight is 356 g/mol. The minimum absolute atomic E-state index is 0.0157. The second-order valence-electron chi connectivity index (χ2n) is 6.45. The highest BCUT2D eigenvalue weighted by atomic mass is 16.3. The lowest BCUT2D eigenvalue weighted by Crippen LogP contribution is -2.45. The molecule has 7 nitrogen and oxygen atoms in total. The van der Waals surface area contributed by atoms with Gasteiger partial charge in [0.15, 0.2) is 23.5 Å². The van der Waals surface area contributed by atoms with Gasteiger partial charge in [0.1, 0.15) is 5.75 Å². The molecule has 1 aliphatic rings. The van der Waals surface area contributed by atoms with Crippen molar-refractivity contribution in [3.8, 4) is 5.75 Å². The van der Waals surface area contributed by atoms with Crippen LogP contribution in [0.3, 0.4) is 0 Å². The van der Waals surface area contributed by atoms with Crippen molar-refractivity contribution in [2.24, 2.45) is 10.7 Å². The molecule has 0 aliphatic carbocycles. The number of hydrogen-bond donors (Lipinski definition) is 3. The first-order chi connectivity index (χ1) is 12.3. The summed E-state index contributed by atoms with van der Waals surface area (Å²) in [6.45, 7) is 4.38. The Hall–Kier alpha value is -2.80. The van der Waals surface area contributed by atoms with Crippen LogP contribution in [-0.4, -0.2) is 44.7 Å². The van der Waals surface area contributed by atoms with Crippen LogP contribution in [0, 0.1) is 0 Å². The number of rotatable bonds is 5. The van der Waals surface area contributed by atoms with Crippen molar-refractivity contribution >= 4 is 11.7 Å². The van der Waals surface area contributed by atoms with E-state index < -0.39 is 11.8 Å². The summed E-state index contributed by atoms with van der Waals surface area (Å²) in [5.41, 5.74) is 6.60. The fourth-order valence-corrected chi connectivity index (χ4v) is 3.46. The maximum absolute atomic E-state index is 12.3. The summed E-state index contributed by atoms with van der Waals surface area (Å²) in [5, 5.41) is 21.0. The number of guanidine groups is 1. The van der Waals surface area contributed by atoms with Gasteiger partial charge in [0.05, 0.1) is 5.69 Å². The number of Topliss-reactive ketones (excluding diaryl/α,β-unsaturated/α-hetero) is 1. The van der Waals surface area contributed by atoms with Crippen molar-refractivity contribution in [2.45, 2.75) is 38.6 Å². The fourth-order valence-electron chi connectivity index (χ4n) is 3.46. The first kappa shape index (κ1) is 18.0. The number of ketones is 1. The molecule has 0 bridgehead atoms. The van der Waals surface area contributed by atoms with Gasteiger partial charge in [0, 0.05) is 31.8 Å². The lowest BCUT2D eigenvalue weighted by Gasteiger charge is -2.32. The van der Waals surface area contributed by atoms with E-state index in [4.69, 9.17) is 5.73 Å². The number of benzene rings is 1. The Labute approximate surface area is 152 Å². The topological polar surface area (TPSA) is 104 Å². The number of aliphatic imine (C=N–C) groups is 1. The lowest BCUT2D eigenvalue weighted by atomic mass is 9.83. The molecule has 0 saturated heterocycles. The summed E-state index contributed by atoms with van der Waals surface area (Å²) in [6, 6.07) is 8.35. The Morgan fingerprint density at radius 2 is 2.04 bits per heavy atom. The lowest BCUT2D eigenvalue weighted by molar-refractivity contribution is 0.0310. The summed E-state index contributed by atoms with van der Waals surface area (Å²) in [4.78, 5) is 18.4. The van der Waals surface area contributed by atoms with Crippen LogP contribution in [0.1, 0.15) is 41.9 Å². The number of aromatic hydroxyl groups is 1. The van der Waals surface area contributed by atoms with Crippen LogP contribution < -0.4 is 5.73 Å². The Morgan fingerprint density at radius 3 is 2.58 bits per heavy atom. The summed E-state index contributed by atoms with van der Waals surface area (Å²) in [6.07, 6.45) is 1.14. The molecule has 0 fully saturated rings. The molecule has 1 aliphatic heterocycles. The van der Waals surface area contributed by atoms with Crippen LogP contribution in [0.2, 0.25) is 0 Å². The third kappa shape index (κ3) is 2.55. The van der Waals surface area contributed by atoms with Crippen molar-refractivity contribution < 1.29 is 15.0 Å². The smallest absolute Gasteiger partial charge is 0.194 e.